The van der Waals surface area contributed by atoms with Crippen molar-refractivity contribution in [1.29, 1.82) is 0 Å². The summed E-state index contributed by atoms with van der Waals surface area (Å²) in [6.07, 6.45) is 0.910. The molecule has 2 aliphatic rings. The molecule has 26 heavy (non-hydrogen) atoms. The number of piperidine rings is 1. The summed E-state index contributed by atoms with van der Waals surface area (Å²) >= 11 is 0. The number of carbonyl (C=O) groups is 3. The third-order valence-electron chi connectivity index (χ3n) is 4.94. The molecule has 0 radical (unpaired) electrons. The first kappa shape index (κ1) is 18.2. The molecule has 3 unspecified atom stereocenters. The SMILES string of the molecule is CC1CC(C(=O)O)CN(C(=O)NC2CCN(c3ccccc3F)C2=O)C1. The fourth-order valence-corrected chi connectivity index (χ4v) is 3.66. The predicted molar refractivity (Wildman–Crippen MR) is 92.2 cm³/mol. The number of hydrogen-bond donors (Lipinski definition) is 2. The van der Waals surface area contributed by atoms with Crippen LogP contribution in [0.15, 0.2) is 24.3 Å². The monoisotopic (exact) mass is 363 g/mol. The number of anilines is 1. The van der Waals surface area contributed by atoms with E-state index in [0.29, 0.717) is 25.9 Å². The second-order valence-corrected chi connectivity index (χ2v) is 7.01. The lowest BCUT2D eigenvalue weighted by Gasteiger charge is -2.35. The molecule has 0 saturated carbocycles. The number of urea groups is 1. The molecule has 2 aliphatic heterocycles. The highest BCUT2D eigenvalue weighted by atomic mass is 19.1. The highest BCUT2D eigenvalue weighted by Gasteiger charge is 2.37. The Hall–Kier alpha value is -2.64. The Morgan fingerprint density at radius 1 is 1.27 bits per heavy atom. The van der Waals surface area contributed by atoms with Crippen LogP contribution in [0.25, 0.3) is 0 Å². The Labute approximate surface area is 150 Å². The molecule has 0 aliphatic carbocycles. The Morgan fingerprint density at radius 2 is 2.00 bits per heavy atom. The third kappa shape index (κ3) is 3.63. The van der Waals surface area contributed by atoms with Gasteiger partial charge >= 0.3 is 12.0 Å². The Kier molecular flexibility index (Phi) is 5.11. The van der Waals surface area contributed by atoms with Crippen molar-refractivity contribution in [2.75, 3.05) is 24.5 Å². The number of aliphatic carboxylic acids is 1. The van der Waals surface area contributed by atoms with Gasteiger partial charge in [0.15, 0.2) is 0 Å². The van der Waals surface area contributed by atoms with Gasteiger partial charge in [0.25, 0.3) is 0 Å². The molecule has 7 nitrogen and oxygen atoms in total. The van der Waals surface area contributed by atoms with E-state index >= 15 is 0 Å². The number of para-hydroxylation sites is 1. The van der Waals surface area contributed by atoms with E-state index in [1.165, 1.54) is 21.9 Å². The summed E-state index contributed by atoms with van der Waals surface area (Å²) in [4.78, 5) is 39.1. The average Bonchev–Trinajstić information content (AvgIpc) is 2.95. The predicted octanol–water partition coefficient (Wildman–Crippen LogP) is 1.68. The van der Waals surface area contributed by atoms with Gasteiger partial charge in [-0.15, -0.1) is 0 Å². The Balaban J connectivity index is 1.64. The van der Waals surface area contributed by atoms with Crippen molar-refractivity contribution < 1.29 is 23.9 Å². The smallest absolute Gasteiger partial charge is 0.318 e. The fraction of sp³-hybridized carbons (Fsp3) is 0.500. The number of carbonyl (C=O) groups excluding carboxylic acids is 2. The molecule has 1 aromatic rings. The van der Waals surface area contributed by atoms with Crippen LogP contribution in [-0.2, 0) is 9.59 Å². The van der Waals surface area contributed by atoms with E-state index in [1.54, 1.807) is 12.1 Å². The number of nitrogens with zero attached hydrogens (tertiary/aromatic N) is 2. The molecule has 3 rings (SSSR count). The molecule has 2 N–H and O–H groups in total. The molecule has 2 fully saturated rings. The fourth-order valence-electron chi connectivity index (χ4n) is 3.66. The lowest BCUT2D eigenvalue weighted by molar-refractivity contribution is -0.143. The lowest BCUT2D eigenvalue weighted by Crippen LogP contribution is -2.53. The van der Waals surface area contributed by atoms with Crippen LogP contribution in [0.1, 0.15) is 19.8 Å². The molecule has 0 bridgehead atoms. The summed E-state index contributed by atoms with van der Waals surface area (Å²) < 4.78 is 13.9. The minimum atomic E-state index is -0.919. The first-order valence-corrected chi connectivity index (χ1v) is 8.71. The zero-order valence-corrected chi connectivity index (χ0v) is 14.5. The number of rotatable bonds is 3. The molecule has 0 aromatic heterocycles. The summed E-state index contributed by atoms with van der Waals surface area (Å²) in [7, 11) is 0. The van der Waals surface area contributed by atoms with Crippen molar-refractivity contribution in [3.63, 3.8) is 0 Å². The number of amides is 3. The second-order valence-electron chi connectivity index (χ2n) is 7.01. The van der Waals surface area contributed by atoms with Crippen LogP contribution in [0.4, 0.5) is 14.9 Å². The quantitative estimate of drug-likeness (QED) is 0.855. The van der Waals surface area contributed by atoms with Crippen molar-refractivity contribution >= 4 is 23.6 Å². The van der Waals surface area contributed by atoms with Crippen LogP contribution in [0.2, 0.25) is 0 Å². The van der Waals surface area contributed by atoms with Gasteiger partial charge in [0.2, 0.25) is 5.91 Å². The zero-order valence-electron chi connectivity index (χ0n) is 14.5. The van der Waals surface area contributed by atoms with E-state index < -0.39 is 29.8 Å². The number of carboxylic acids is 1. The first-order chi connectivity index (χ1) is 12.4. The van der Waals surface area contributed by atoms with Crippen molar-refractivity contribution in [2.24, 2.45) is 11.8 Å². The number of carboxylic acid groups (broad SMARTS) is 1. The van der Waals surface area contributed by atoms with Gasteiger partial charge in [0.1, 0.15) is 11.9 Å². The van der Waals surface area contributed by atoms with Crippen LogP contribution in [-0.4, -0.2) is 53.6 Å². The number of hydrogen-bond acceptors (Lipinski definition) is 3. The van der Waals surface area contributed by atoms with E-state index in [2.05, 4.69) is 5.32 Å². The number of nitrogens with one attached hydrogen (secondary N) is 1. The van der Waals surface area contributed by atoms with Crippen LogP contribution < -0.4 is 10.2 Å². The van der Waals surface area contributed by atoms with Crippen LogP contribution >= 0.6 is 0 Å². The number of benzene rings is 1. The molecule has 3 amide bonds. The lowest BCUT2D eigenvalue weighted by atomic mass is 9.91. The molecule has 3 atom stereocenters. The molecule has 8 heteroatoms. The van der Waals surface area contributed by atoms with E-state index in [-0.39, 0.29) is 24.1 Å². The van der Waals surface area contributed by atoms with Crippen LogP contribution in [0.5, 0.6) is 0 Å². The topological polar surface area (TPSA) is 89.9 Å². The van der Waals surface area contributed by atoms with Crippen LogP contribution in [0, 0.1) is 17.7 Å². The molecule has 140 valence electrons. The number of likely N-dealkylation sites (tertiary alicyclic amines) is 1. The van der Waals surface area contributed by atoms with Gasteiger partial charge in [-0.2, -0.15) is 0 Å². The Morgan fingerprint density at radius 3 is 2.69 bits per heavy atom. The zero-order chi connectivity index (χ0) is 18.8. The minimum Gasteiger partial charge on any atom is -0.481 e. The van der Waals surface area contributed by atoms with E-state index in [4.69, 9.17) is 0 Å². The van der Waals surface area contributed by atoms with Gasteiger partial charge in [-0.25, -0.2) is 9.18 Å². The van der Waals surface area contributed by atoms with Crippen molar-refractivity contribution in [3.8, 4) is 0 Å². The van der Waals surface area contributed by atoms with Gasteiger partial charge < -0.3 is 20.2 Å². The second kappa shape index (κ2) is 7.31. The maximum Gasteiger partial charge on any atom is 0.318 e. The third-order valence-corrected chi connectivity index (χ3v) is 4.94. The van der Waals surface area contributed by atoms with Crippen molar-refractivity contribution in [2.45, 2.75) is 25.8 Å². The highest BCUT2D eigenvalue weighted by molar-refractivity contribution is 6.01. The maximum atomic E-state index is 13.9. The largest absolute Gasteiger partial charge is 0.481 e. The summed E-state index contributed by atoms with van der Waals surface area (Å²) in [6.45, 7) is 2.80. The molecule has 0 spiro atoms. The van der Waals surface area contributed by atoms with E-state index in [0.717, 1.165) is 0 Å². The molecular formula is C18H22FN3O4. The summed E-state index contributed by atoms with van der Waals surface area (Å²) in [5.74, 6) is -2.29. The summed E-state index contributed by atoms with van der Waals surface area (Å²) in [6, 6.07) is 4.84. The summed E-state index contributed by atoms with van der Waals surface area (Å²) in [5.41, 5.74) is 0.201. The van der Waals surface area contributed by atoms with E-state index in [1.807, 2.05) is 6.92 Å². The highest BCUT2D eigenvalue weighted by Crippen LogP contribution is 2.25. The molecule has 2 saturated heterocycles. The molecule has 2 heterocycles. The first-order valence-electron chi connectivity index (χ1n) is 8.71. The summed E-state index contributed by atoms with van der Waals surface area (Å²) in [5, 5.41) is 11.9. The standard InChI is InChI=1S/C18H22FN3O4/c1-11-8-12(17(24)25)10-21(9-11)18(26)20-14-6-7-22(16(14)23)15-5-3-2-4-13(15)19/h2-5,11-12,14H,6-10H2,1H3,(H,20,26)(H,24,25). The Bertz CT molecular complexity index is 726. The minimum absolute atomic E-state index is 0.0739. The molecule has 1 aromatic carbocycles. The average molecular weight is 363 g/mol. The van der Waals surface area contributed by atoms with Crippen LogP contribution in [0.3, 0.4) is 0 Å². The maximum absolute atomic E-state index is 13.9. The van der Waals surface area contributed by atoms with Gasteiger partial charge in [0, 0.05) is 19.6 Å². The van der Waals surface area contributed by atoms with Gasteiger partial charge in [-0.1, -0.05) is 19.1 Å². The van der Waals surface area contributed by atoms with E-state index in [9.17, 15) is 23.9 Å². The normalized spacial score (nSPS) is 26.1. The van der Waals surface area contributed by atoms with Gasteiger partial charge in [-0.3, -0.25) is 9.59 Å². The van der Waals surface area contributed by atoms with Gasteiger partial charge in [0.05, 0.1) is 11.6 Å². The van der Waals surface area contributed by atoms with Crippen molar-refractivity contribution in [1.82, 2.24) is 10.2 Å². The van der Waals surface area contributed by atoms with Gasteiger partial charge in [-0.05, 0) is 30.9 Å². The van der Waals surface area contributed by atoms with Crippen molar-refractivity contribution in [3.05, 3.63) is 30.1 Å². The molecular weight excluding hydrogens is 341 g/mol. The number of halogens is 1.